The number of para-hydroxylation sites is 1. The number of ether oxygens (including phenoxy) is 2. The topological polar surface area (TPSA) is 84.9 Å². The van der Waals surface area contributed by atoms with Crippen LogP contribution in [0.3, 0.4) is 0 Å². The number of carbonyl (C=O) groups excluding carboxylic acids is 3. The highest BCUT2D eigenvalue weighted by Crippen LogP contribution is 2.28. The Kier molecular flexibility index (Phi) is 6.54. The molecule has 1 N–H and O–H groups in total. The van der Waals surface area contributed by atoms with Crippen molar-refractivity contribution >= 4 is 23.3 Å². The van der Waals surface area contributed by atoms with E-state index in [1.807, 2.05) is 0 Å². The van der Waals surface area contributed by atoms with E-state index in [0.29, 0.717) is 28.3 Å². The minimum absolute atomic E-state index is 0.0974. The van der Waals surface area contributed by atoms with Crippen molar-refractivity contribution in [3.05, 3.63) is 53.6 Å². The number of ketones is 1. The summed E-state index contributed by atoms with van der Waals surface area (Å²) in [6, 6.07) is 11.5. The molecule has 0 heterocycles. The zero-order chi connectivity index (χ0) is 20.0. The second kappa shape index (κ2) is 8.84. The molecule has 7 nitrogen and oxygen atoms in total. The summed E-state index contributed by atoms with van der Waals surface area (Å²) in [4.78, 5) is 37.3. The lowest BCUT2D eigenvalue weighted by atomic mass is 10.1. The molecule has 2 rings (SSSR count). The van der Waals surface area contributed by atoms with E-state index in [-0.39, 0.29) is 18.3 Å². The summed E-state index contributed by atoms with van der Waals surface area (Å²) in [5, 5.41) is 2.68. The summed E-state index contributed by atoms with van der Waals surface area (Å²) < 4.78 is 10.7. The first kappa shape index (κ1) is 20.0. The highest BCUT2D eigenvalue weighted by Gasteiger charge is 2.15. The van der Waals surface area contributed by atoms with Gasteiger partial charge in [-0.2, -0.15) is 0 Å². The number of rotatable bonds is 7. The number of anilines is 1. The lowest BCUT2D eigenvalue weighted by molar-refractivity contribution is -0.118. The molecule has 0 aliphatic rings. The summed E-state index contributed by atoms with van der Waals surface area (Å²) >= 11 is 0. The number of carbonyl (C=O) groups is 3. The third-order valence-electron chi connectivity index (χ3n) is 3.77. The number of nitrogens with zero attached hydrogens (tertiary/aromatic N) is 1. The molecular formula is C20H22N2O5. The molecule has 0 unspecified atom stereocenters. The molecule has 0 aromatic heterocycles. The van der Waals surface area contributed by atoms with Crippen molar-refractivity contribution in [3.63, 3.8) is 0 Å². The van der Waals surface area contributed by atoms with Crippen LogP contribution >= 0.6 is 0 Å². The van der Waals surface area contributed by atoms with Gasteiger partial charge in [-0.1, -0.05) is 12.1 Å². The van der Waals surface area contributed by atoms with Crippen molar-refractivity contribution in [3.8, 4) is 11.5 Å². The van der Waals surface area contributed by atoms with Crippen molar-refractivity contribution < 1.29 is 23.9 Å². The number of hydrogen-bond donors (Lipinski definition) is 1. The smallest absolute Gasteiger partial charge is 0.262 e. The van der Waals surface area contributed by atoms with Gasteiger partial charge in [0.25, 0.3) is 11.8 Å². The van der Waals surface area contributed by atoms with Gasteiger partial charge in [-0.25, -0.2) is 0 Å². The predicted octanol–water partition coefficient (Wildman–Crippen LogP) is 2.62. The molecule has 2 aromatic carbocycles. The van der Waals surface area contributed by atoms with Gasteiger partial charge in [0.15, 0.2) is 23.9 Å². The Labute approximate surface area is 157 Å². The van der Waals surface area contributed by atoms with Gasteiger partial charge in [-0.15, -0.1) is 0 Å². The third kappa shape index (κ3) is 5.07. The van der Waals surface area contributed by atoms with Crippen molar-refractivity contribution in [2.75, 3.05) is 33.1 Å². The Bertz CT molecular complexity index is 861. The van der Waals surface area contributed by atoms with Crippen LogP contribution in [0.4, 0.5) is 5.69 Å². The molecule has 0 radical (unpaired) electrons. The number of amides is 2. The van der Waals surface area contributed by atoms with E-state index in [9.17, 15) is 14.4 Å². The summed E-state index contributed by atoms with van der Waals surface area (Å²) in [5.74, 6) is -0.0336. The predicted molar refractivity (Wildman–Crippen MR) is 102 cm³/mol. The lowest BCUT2D eigenvalue weighted by Crippen LogP contribution is -2.25. The fourth-order valence-corrected chi connectivity index (χ4v) is 2.35. The van der Waals surface area contributed by atoms with E-state index in [0.717, 1.165) is 0 Å². The third-order valence-corrected chi connectivity index (χ3v) is 3.77. The average molecular weight is 370 g/mol. The van der Waals surface area contributed by atoms with Crippen LogP contribution in [0, 0.1) is 0 Å². The number of methoxy groups -OCH3 is 1. The standard InChI is InChI=1S/C20H22N2O5/c1-13(23)14-9-10-17(18(11-14)26-4)27-12-19(24)21-16-8-6-5-7-15(16)20(25)22(2)3/h5-11H,12H2,1-4H3,(H,21,24). The van der Waals surface area contributed by atoms with Crippen LogP contribution < -0.4 is 14.8 Å². The molecule has 27 heavy (non-hydrogen) atoms. The van der Waals surface area contributed by atoms with Crippen LogP contribution in [-0.2, 0) is 4.79 Å². The Morgan fingerprint density at radius 3 is 2.37 bits per heavy atom. The Morgan fingerprint density at radius 1 is 1.04 bits per heavy atom. The van der Waals surface area contributed by atoms with Crippen molar-refractivity contribution in [1.29, 1.82) is 0 Å². The lowest BCUT2D eigenvalue weighted by Gasteiger charge is -2.15. The molecule has 0 spiro atoms. The normalized spacial score (nSPS) is 10.1. The fraction of sp³-hybridized carbons (Fsp3) is 0.250. The molecule has 2 amide bonds. The number of Topliss-reactive ketones (excluding diaryl/α,β-unsaturated/α-hetero) is 1. The molecule has 0 fully saturated rings. The van der Waals surface area contributed by atoms with Gasteiger partial charge in [0.2, 0.25) is 0 Å². The van der Waals surface area contributed by atoms with Gasteiger partial charge in [0, 0.05) is 19.7 Å². The van der Waals surface area contributed by atoms with Crippen LogP contribution in [0.25, 0.3) is 0 Å². The minimum atomic E-state index is -0.424. The SMILES string of the molecule is COc1cc(C(C)=O)ccc1OCC(=O)Nc1ccccc1C(=O)N(C)C. The molecule has 2 aromatic rings. The number of benzene rings is 2. The van der Waals surface area contributed by atoms with Crippen LogP contribution in [-0.4, -0.2) is 50.3 Å². The van der Waals surface area contributed by atoms with Gasteiger partial charge in [-0.05, 0) is 37.3 Å². The highest BCUT2D eigenvalue weighted by molar-refractivity contribution is 6.03. The first-order valence-electron chi connectivity index (χ1n) is 8.25. The second-order valence-electron chi connectivity index (χ2n) is 6.00. The Morgan fingerprint density at radius 2 is 1.74 bits per heavy atom. The zero-order valence-electron chi connectivity index (χ0n) is 15.7. The maximum atomic E-state index is 12.2. The summed E-state index contributed by atoms with van der Waals surface area (Å²) in [6.45, 7) is 1.18. The van der Waals surface area contributed by atoms with E-state index < -0.39 is 5.91 Å². The van der Waals surface area contributed by atoms with E-state index in [1.165, 1.54) is 18.9 Å². The molecule has 0 atom stereocenters. The summed E-state index contributed by atoms with van der Waals surface area (Å²) in [5.41, 5.74) is 1.28. The van der Waals surface area contributed by atoms with Crippen LogP contribution in [0.15, 0.2) is 42.5 Å². The van der Waals surface area contributed by atoms with E-state index in [1.54, 1.807) is 56.6 Å². The maximum Gasteiger partial charge on any atom is 0.262 e. The van der Waals surface area contributed by atoms with Gasteiger partial charge >= 0.3 is 0 Å². The molecule has 0 saturated carbocycles. The first-order valence-corrected chi connectivity index (χ1v) is 8.25. The van der Waals surface area contributed by atoms with Gasteiger partial charge in [-0.3, -0.25) is 14.4 Å². The van der Waals surface area contributed by atoms with Crippen molar-refractivity contribution in [2.24, 2.45) is 0 Å². The average Bonchev–Trinajstić information content (AvgIpc) is 2.65. The minimum Gasteiger partial charge on any atom is -0.493 e. The number of nitrogens with one attached hydrogen (secondary N) is 1. The van der Waals surface area contributed by atoms with Gasteiger partial charge < -0.3 is 19.7 Å². The second-order valence-corrected chi connectivity index (χ2v) is 6.00. The highest BCUT2D eigenvalue weighted by atomic mass is 16.5. The largest absolute Gasteiger partial charge is 0.493 e. The zero-order valence-corrected chi connectivity index (χ0v) is 15.7. The van der Waals surface area contributed by atoms with Crippen molar-refractivity contribution in [2.45, 2.75) is 6.92 Å². The molecular weight excluding hydrogens is 348 g/mol. The van der Waals surface area contributed by atoms with Crippen molar-refractivity contribution in [1.82, 2.24) is 4.90 Å². The van der Waals surface area contributed by atoms with Crippen LogP contribution in [0.2, 0.25) is 0 Å². The van der Waals surface area contributed by atoms with E-state index in [2.05, 4.69) is 5.32 Å². The quantitative estimate of drug-likeness (QED) is 0.758. The molecule has 0 bridgehead atoms. The first-order chi connectivity index (χ1) is 12.8. The Balaban J connectivity index is 2.08. The monoisotopic (exact) mass is 370 g/mol. The number of hydrogen-bond acceptors (Lipinski definition) is 5. The summed E-state index contributed by atoms with van der Waals surface area (Å²) in [6.07, 6.45) is 0. The van der Waals surface area contributed by atoms with Crippen LogP contribution in [0.1, 0.15) is 27.6 Å². The molecule has 142 valence electrons. The van der Waals surface area contributed by atoms with Gasteiger partial charge in [0.05, 0.1) is 18.4 Å². The van der Waals surface area contributed by atoms with E-state index in [4.69, 9.17) is 9.47 Å². The fourth-order valence-electron chi connectivity index (χ4n) is 2.35. The maximum absolute atomic E-state index is 12.2. The molecule has 0 aliphatic heterocycles. The molecule has 7 heteroatoms. The van der Waals surface area contributed by atoms with Gasteiger partial charge in [0.1, 0.15) is 0 Å². The molecule has 0 aliphatic carbocycles. The summed E-state index contributed by atoms with van der Waals surface area (Å²) in [7, 11) is 4.73. The van der Waals surface area contributed by atoms with Crippen LogP contribution in [0.5, 0.6) is 11.5 Å². The Hall–Kier alpha value is -3.35. The van der Waals surface area contributed by atoms with E-state index >= 15 is 0 Å². The molecule has 0 saturated heterocycles.